The fourth-order valence-corrected chi connectivity index (χ4v) is 2.29. The summed E-state index contributed by atoms with van der Waals surface area (Å²) in [6.45, 7) is 4.10. The predicted molar refractivity (Wildman–Crippen MR) is 78.3 cm³/mol. The topological polar surface area (TPSA) is 52.0 Å². The van der Waals surface area contributed by atoms with E-state index in [4.69, 9.17) is 21.8 Å². The molecule has 2 aromatic carbocycles. The number of hydrogen-bond acceptors (Lipinski definition) is 3. The first kappa shape index (κ1) is 12.1. The number of aryl methyl sites for hydroxylation is 2. The molecular formula is C15H13ClN2O. The van der Waals surface area contributed by atoms with Crippen LogP contribution in [0.3, 0.4) is 0 Å². The van der Waals surface area contributed by atoms with E-state index >= 15 is 0 Å². The van der Waals surface area contributed by atoms with E-state index in [9.17, 15) is 0 Å². The Kier molecular flexibility index (Phi) is 2.72. The summed E-state index contributed by atoms with van der Waals surface area (Å²) in [7, 11) is 0. The molecular weight excluding hydrogens is 260 g/mol. The molecule has 4 heteroatoms. The van der Waals surface area contributed by atoms with Crippen LogP contribution < -0.4 is 5.73 Å². The fourth-order valence-electron chi connectivity index (χ4n) is 2.13. The lowest BCUT2D eigenvalue weighted by Gasteiger charge is -2.01. The van der Waals surface area contributed by atoms with E-state index in [0.717, 1.165) is 11.1 Å². The van der Waals surface area contributed by atoms with Crippen LogP contribution in [0.25, 0.3) is 22.6 Å². The van der Waals surface area contributed by atoms with Crippen LogP contribution in [-0.4, -0.2) is 4.98 Å². The van der Waals surface area contributed by atoms with Gasteiger partial charge in [-0.25, -0.2) is 4.98 Å². The number of nitrogens with zero attached hydrogens (tertiary/aromatic N) is 1. The Morgan fingerprint density at radius 2 is 1.95 bits per heavy atom. The van der Waals surface area contributed by atoms with Gasteiger partial charge in [-0.1, -0.05) is 29.3 Å². The smallest absolute Gasteiger partial charge is 0.227 e. The van der Waals surface area contributed by atoms with Crippen molar-refractivity contribution in [3.8, 4) is 11.5 Å². The zero-order chi connectivity index (χ0) is 13.6. The quantitative estimate of drug-likeness (QED) is 0.670. The molecule has 0 saturated carbocycles. The first-order valence-electron chi connectivity index (χ1n) is 5.98. The maximum Gasteiger partial charge on any atom is 0.227 e. The lowest BCUT2D eigenvalue weighted by molar-refractivity contribution is 0.619. The molecule has 1 heterocycles. The van der Waals surface area contributed by atoms with E-state index in [1.165, 1.54) is 5.56 Å². The summed E-state index contributed by atoms with van der Waals surface area (Å²) < 4.78 is 5.76. The third-order valence-electron chi connectivity index (χ3n) is 3.12. The SMILES string of the molecule is Cc1ccc(-c2nc3cc(Cl)c(N)cc3o2)c(C)c1. The number of fused-ring (bicyclic) bond motifs is 1. The molecule has 19 heavy (non-hydrogen) atoms. The van der Waals surface area contributed by atoms with Crippen molar-refractivity contribution in [1.82, 2.24) is 4.98 Å². The third-order valence-corrected chi connectivity index (χ3v) is 3.45. The van der Waals surface area contributed by atoms with Gasteiger partial charge in [0.25, 0.3) is 0 Å². The monoisotopic (exact) mass is 272 g/mol. The molecule has 0 saturated heterocycles. The van der Waals surface area contributed by atoms with E-state index in [-0.39, 0.29) is 0 Å². The van der Waals surface area contributed by atoms with Crippen molar-refractivity contribution in [2.45, 2.75) is 13.8 Å². The first-order valence-corrected chi connectivity index (χ1v) is 6.35. The molecule has 3 aromatic rings. The van der Waals surface area contributed by atoms with Crippen LogP contribution in [0.5, 0.6) is 0 Å². The van der Waals surface area contributed by atoms with E-state index in [1.807, 2.05) is 19.1 Å². The molecule has 3 rings (SSSR count). The molecule has 0 unspecified atom stereocenters. The molecule has 0 aliphatic heterocycles. The number of aromatic nitrogens is 1. The van der Waals surface area contributed by atoms with Gasteiger partial charge in [-0.2, -0.15) is 0 Å². The Bertz CT molecular complexity index is 738. The van der Waals surface area contributed by atoms with Crippen LogP contribution in [0.1, 0.15) is 11.1 Å². The number of rotatable bonds is 1. The van der Waals surface area contributed by atoms with Gasteiger partial charge in [0.15, 0.2) is 5.58 Å². The number of hydrogen-bond donors (Lipinski definition) is 1. The Balaban J connectivity index is 2.20. The minimum Gasteiger partial charge on any atom is -0.436 e. The van der Waals surface area contributed by atoms with E-state index in [0.29, 0.717) is 27.7 Å². The molecule has 1 aromatic heterocycles. The van der Waals surface area contributed by atoms with Crippen molar-refractivity contribution < 1.29 is 4.42 Å². The van der Waals surface area contributed by atoms with E-state index in [1.54, 1.807) is 12.1 Å². The number of benzene rings is 2. The van der Waals surface area contributed by atoms with Crippen LogP contribution in [0.15, 0.2) is 34.7 Å². The van der Waals surface area contributed by atoms with Crippen molar-refractivity contribution in [2.24, 2.45) is 0 Å². The van der Waals surface area contributed by atoms with Crippen LogP contribution in [0.2, 0.25) is 5.02 Å². The van der Waals surface area contributed by atoms with Crippen molar-refractivity contribution in [3.05, 3.63) is 46.5 Å². The maximum atomic E-state index is 5.99. The third kappa shape index (κ3) is 2.06. The van der Waals surface area contributed by atoms with Crippen molar-refractivity contribution >= 4 is 28.4 Å². The lowest BCUT2D eigenvalue weighted by atomic mass is 10.1. The number of nitrogen functional groups attached to an aromatic ring is 1. The van der Waals surface area contributed by atoms with Crippen molar-refractivity contribution in [2.75, 3.05) is 5.73 Å². The molecule has 0 spiro atoms. The molecule has 96 valence electrons. The summed E-state index contributed by atoms with van der Waals surface area (Å²) in [5, 5.41) is 0.493. The van der Waals surface area contributed by atoms with E-state index in [2.05, 4.69) is 18.0 Å². The molecule has 3 nitrogen and oxygen atoms in total. The maximum absolute atomic E-state index is 5.99. The minimum atomic E-state index is 0.493. The number of anilines is 1. The van der Waals surface area contributed by atoms with Gasteiger partial charge in [-0.15, -0.1) is 0 Å². The molecule has 0 amide bonds. The fraction of sp³-hybridized carbons (Fsp3) is 0.133. The summed E-state index contributed by atoms with van der Waals surface area (Å²) in [5.41, 5.74) is 11.0. The average molecular weight is 273 g/mol. The Morgan fingerprint density at radius 3 is 2.68 bits per heavy atom. The molecule has 0 aliphatic carbocycles. The van der Waals surface area contributed by atoms with E-state index < -0.39 is 0 Å². The summed E-state index contributed by atoms with van der Waals surface area (Å²) in [5.74, 6) is 0.592. The summed E-state index contributed by atoms with van der Waals surface area (Å²) in [4.78, 5) is 4.47. The van der Waals surface area contributed by atoms with Crippen molar-refractivity contribution in [3.63, 3.8) is 0 Å². The lowest BCUT2D eigenvalue weighted by Crippen LogP contribution is -1.85. The second kappa shape index (κ2) is 4.28. The van der Waals surface area contributed by atoms with Gasteiger partial charge in [0.2, 0.25) is 5.89 Å². The highest BCUT2D eigenvalue weighted by Crippen LogP contribution is 2.31. The first-order chi connectivity index (χ1) is 9.04. The summed E-state index contributed by atoms with van der Waals surface area (Å²) in [6, 6.07) is 9.59. The molecule has 0 fully saturated rings. The second-order valence-electron chi connectivity index (χ2n) is 4.68. The standard InChI is InChI=1S/C15H13ClN2O/c1-8-3-4-10(9(2)5-8)15-18-13-6-11(16)12(17)7-14(13)19-15/h3-7H,17H2,1-2H3. The van der Waals surface area contributed by atoms with Crippen LogP contribution in [0.4, 0.5) is 5.69 Å². The normalized spacial score (nSPS) is 11.1. The zero-order valence-corrected chi connectivity index (χ0v) is 11.5. The van der Waals surface area contributed by atoms with Gasteiger partial charge in [-0.05, 0) is 31.5 Å². The van der Waals surface area contributed by atoms with Gasteiger partial charge in [0.1, 0.15) is 5.52 Å². The molecule has 0 bridgehead atoms. The molecule has 0 aliphatic rings. The van der Waals surface area contributed by atoms with Gasteiger partial charge in [0, 0.05) is 11.6 Å². The highest BCUT2D eigenvalue weighted by atomic mass is 35.5. The molecule has 2 N–H and O–H groups in total. The largest absolute Gasteiger partial charge is 0.436 e. The Morgan fingerprint density at radius 1 is 1.16 bits per heavy atom. The van der Waals surface area contributed by atoms with Crippen LogP contribution in [0, 0.1) is 13.8 Å². The van der Waals surface area contributed by atoms with Crippen molar-refractivity contribution in [1.29, 1.82) is 0 Å². The zero-order valence-electron chi connectivity index (χ0n) is 10.7. The number of oxazole rings is 1. The number of halogens is 1. The molecule has 0 radical (unpaired) electrons. The Hall–Kier alpha value is -2.00. The molecule has 0 atom stereocenters. The van der Waals surface area contributed by atoms with Gasteiger partial charge < -0.3 is 10.2 Å². The van der Waals surface area contributed by atoms with Crippen LogP contribution >= 0.6 is 11.6 Å². The van der Waals surface area contributed by atoms with Gasteiger partial charge >= 0.3 is 0 Å². The van der Waals surface area contributed by atoms with Crippen LogP contribution in [-0.2, 0) is 0 Å². The summed E-state index contributed by atoms with van der Waals surface area (Å²) >= 11 is 5.99. The average Bonchev–Trinajstić information content (AvgIpc) is 2.72. The highest BCUT2D eigenvalue weighted by Gasteiger charge is 2.12. The summed E-state index contributed by atoms with van der Waals surface area (Å²) in [6.07, 6.45) is 0. The van der Waals surface area contributed by atoms with Gasteiger partial charge in [-0.3, -0.25) is 0 Å². The number of nitrogens with two attached hydrogens (primary N) is 1. The highest BCUT2D eigenvalue weighted by molar-refractivity contribution is 6.33. The predicted octanol–water partition coefficient (Wildman–Crippen LogP) is 4.35. The second-order valence-corrected chi connectivity index (χ2v) is 5.09. The minimum absolute atomic E-state index is 0.493. The Labute approximate surface area is 116 Å². The van der Waals surface area contributed by atoms with Gasteiger partial charge in [0.05, 0.1) is 10.7 Å².